The number of aliphatic imine (C=N–C) groups is 1. The van der Waals surface area contributed by atoms with Crippen LogP contribution in [0.4, 0.5) is 5.69 Å². The summed E-state index contributed by atoms with van der Waals surface area (Å²) >= 11 is 0. The molecule has 0 aliphatic heterocycles. The molecule has 1 fully saturated rings. The fourth-order valence-corrected chi connectivity index (χ4v) is 2.48. The Bertz CT molecular complexity index is 619. The molecule has 1 aliphatic carbocycles. The SMILES string of the molecule is CCNC(=O)CN=C(NCCCOCC1CC1)Nc1ccc(OC(C)C)cc1.I. The van der Waals surface area contributed by atoms with Gasteiger partial charge in [0.15, 0.2) is 5.96 Å². The topological polar surface area (TPSA) is 84.0 Å². The molecule has 0 heterocycles. The zero-order chi connectivity index (χ0) is 20.2. The number of halogens is 1. The number of nitrogens with one attached hydrogen (secondary N) is 3. The van der Waals surface area contributed by atoms with Crippen LogP contribution in [0.25, 0.3) is 0 Å². The predicted molar refractivity (Wildman–Crippen MR) is 128 cm³/mol. The normalized spacial score (nSPS) is 13.6. The van der Waals surface area contributed by atoms with Crippen molar-refractivity contribution in [3.8, 4) is 5.75 Å². The summed E-state index contributed by atoms with van der Waals surface area (Å²) in [5.74, 6) is 2.08. The summed E-state index contributed by atoms with van der Waals surface area (Å²) < 4.78 is 11.3. The summed E-state index contributed by atoms with van der Waals surface area (Å²) in [7, 11) is 0. The monoisotopic (exact) mass is 518 g/mol. The first-order valence-corrected chi connectivity index (χ1v) is 10.2. The molecule has 1 aliphatic rings. The molecule has 0 bridgehead atoms. The van der Waals surface area contributed by atoms with Gasteiger partial charge < -0.3 is 25.4 Å². The summed E-state index contributed by atoms with van der Waals surface area (Å²) in [6.45, 7) is 8.89. The molecule has 0 unspecified atom stereocenters. The van der Waals surface area contributed by atoms with Crippen LogP contribution in [-0.4, -0.2) is 50.8 Å². The van der Waals surface area contributed by atoms with E-state index < -0.39 is 0 Å². The van der Waals surface area contributed by atoms with Crippen LogP contribution in [0.5, 0.6) is 5.75 Å². The van der Waals surface area contributed by atoms with E-state index in [4.69, 9.17) is 9.47 Å². The van der Waals surface area contributed by atoms with Gasteiger partial charge in [-0.25, -0.2) is 4.99 Å². The summed E-state index contributed by atoms with van der Waals surface area (Å²) in [5.41, 5.74) is 0.878. The molecule has 2 rings (SSSR count). The number of amides is 1. The number of guanidine groups is 1. The number of carbonyl (C=O) groups is 1. The van der Waals surface area contributed by atoms with E-state index in [1.54, 1.807) is 0 Å². The van der Waals surface area contributed by atoms with Crippen LogP contribution in [0.2, 0.25) is 0 Å². The van der Waals surface area contributed by atoms with Gasteiger partial charge in [0.1, 0.15) is 12.3 Å². The van der Waals surface area contributed by atoms with Crippen molar-refractivity contribution in [3.05, 3.63) is 24.3 Å². The lowest BCUT2D eigenvalue weighted by molar-refractivity contribution is -0.119. The average molecular weight is 518 g/mol. The standard InChI is InChI=1S/C21H34N4O3.HI/c1-4-22-20(26)14-24-21(23-12-5-13-27-15-17-6-7-17)25-18-8-10-19(11-9-18)28-16(2)3;/h8-11,16-17H,4-7,12-15H2,1-3H3,(H,22,26)(H2,23,24,25);1H. The third-order valence-electron chi connectivity index (χ3n) is 4.05. The van der Waals surface area contributed by atoms with E-state index in [2.05, 4.69) is 20.9 Å². The number of carbonyl (C=O) groups excluding carboxylic acids is 1. The van der Waals surface area contributed by atoms with E-state index in [0.29, 0.717) is 12.5 Å². The lowest BCUT2D eigenvalue weighted by Crippen LogP contribution is -2.34. The quantitative estimate of drug-likeness (QED) is 0.171. The van der Waals surface area contributed by atoms with Crippen LogP contribution in [-0.2, 0) is 9.53 Å². The predicted octanol–water partition coefficient (Wildman–Crippen LogP) is 3.40. The smallest absolute Gasteiger partial charge is 0.241 e. The molecule has 29 heavy (non-hydrogen) atoms. The second kappa shape index (κ2) is 14.4. The molecule has 164 valence electrons. The second-order valence-corrected chi connectivity index (χ2v) is 7.23. The van der Waals surface area contributed by atoms with E-state index in [9.17, 15) is 4.79 Å². The van der Waals surface area contributed by atoms with Crippen LogP contribution < -0.4 is 20.7 Å². The number of likely N-dealkylation sites (N-methyl/N-ethyl adjacent to an activating group) is 1. The number of ether oxygens (including phenoxy) is 2. The van der Waals surface area contributed by atoms with Crippen LogP contribution >= 0.6 is 24.0 Å². The second-order valence-electron chi connectivity index (χ2n) is 7.23. The van der Waals surface area contributed by atoms with Crippen molar-refractivity contribution >= 4 is 41.5 Å². The first-order chi connectivity index (χ1) is 13.6. The largest absolute Gasteiger partial charge is 0.491 e. The fraction of sp³-hybridized carbons (Fsp3) is 0.619. The zero-order valence-electron chi connectivity index (χ0n) is 17.7. The van der Waals surface area contributed by atoms with Gasteiger partial charge in [0.05, 0.1) is 6.10 Å². The summed E-state index contributed by atoms with van der Waals surface area (Å²) in [6.07, 6.45) is 3.63. The van der Waals surface area contributed by atoms with Crippen LogP contribution in [0.3, 0.4) is 0 Å². The Hall–Kier alpha value is -1.55. The molecule has 0 radical (unpaired) electrons. The fourth-order valence-electron chi connectivity index (χ4n) is 2.48. The van der Waals surface area contributed by atoms with Gasteiger partial charge in [0.25, 0.3) is 0 Å². The lowest BCUT2D eigenvalue weighted by Gasteiger charge is -2.14. The molecule has 7 nitrogen and oxygen atoms in total. The maximum Gasteiger partial charge on any atom is 0.241 e. The number of hydrogen-bond donors (Lipinski definition) is 3. The molecule has 0 atom stereocenters. The summed E-state index contributed by atoms with van der Waals surface area (Å²) in [4.78, 5) is 16.1. The summed E-state index contributed by atoms with van der Waals surface area (Å²) in [6, 6.07) is 7.68. The van der Waals surface area contributed by atoms with Crippen molar-refractivity contribution < 1.29 is 14.3 Å². The maximum absolute atomic E-state index is 11.7. The highest BCUT2D eigenvalue weighted by molar-refractivity contribution is 14.0. The van der Waals surface area contributed by atoms with Gasteiger partial charge in [-0.15, -0.1) is 24.0 Å². The van der Waals surface area contributed by atoms with E-state index >= 15 is 0 Å². The molecule has 1 amide bonds. The van der Waals surface area contributed by atoms with Crippen LogP contribution in [0.1, 0.15) is 40.0 Å². The Morgan fingerprint density at radius 1 is 1.21 bits per heavy atom. The Morgan fingerprint density at radius 3 is 2.55 bits per heavy atom. The number of nitrogens with zero attached hydrogens (tertiary/aromatic N) is 1. The number of anilines is 1. The van der Waals surface area contributed by atoms with Gasteiger partial charge >= 0.3 is 0 Å². The molecule has 0 spiro atoms. The highest BCUT2D eigenvalue weighted by Crippen LogP contribution is 2.28. The first kappa shape index (κ1) is 25.5. The van der Waals surface area contributed by atoms with Crippen molar-refractivity contribution in [2.45, 2.75) is 46.1 Å². The van der Waals surface area contributed by atoms with E-state index in [-0.39, 0.29) is 42.5 Å². The lowest BCUT2D eigenvalue weighted by atomic mass is 10.3. The van der Waals surface area contributed by atoms with Crippen molar-refractivity contribution in [3.63, 3.8) is 0 Å². The van der Waals surface area contributed by atoms with Gasteiger partial charge in [-0.1, -0.05) is 0 Å². The third kappa shape index (κ3) is 11.9. The molecular weight excluding hydrogens is 483 g/mol. The molecule has 8 heteroatoms. The molecule has 1 aromatic rings. The Balaban J connectivity index is 0.00000420. The molecular formula is C21H35IN4O3. The molecule has 0 saturated heterocycles. The highest BCUT2D eigenvalue weighted by Gasteiger charge is 2.20. The highest BCUT2D eigenvalue weighted by atomic mass is 127. The first-order valence-electron chi connectivity index (χ1n) is 10.2. The van der Waals surface area contributed by atoms with E-state index in [1.165, 1.54) is 12.8 Å². The molecule has 0 aromatic heterocycles. The van der Waals surface area contributed by atoms with Gasteiger partial charge in [-0.3, -0.25) is 4.79 Å². The van der Waals surface area contributed by atoms with Gasteiger partial charge in [-0.2, -0.15) is 0 Å². The minimum absolute atomic E-state index is 0. The molecule has 1 saturated carbocycles. The Kier molecular flexibility index (Phi) is 12.7. The van der Waals surface area contributed by atoms with Crippen LogP contribution in [0.15, 0.2) is 29.3 Å². The number of rotatable bonds is 12. The van der Waals surface area contributed by atoms with Crippen molar-refractivity contribution in [1.82, 2.24) is 10.6 Å². The van der Waals surface area contributed by atoms with E-state index in [1.807, 2.05) is 45.0 Å². The van der Waals surface area contributed by atoms with Gasteiger partial charge in [-0.05, 0) is 70.2 Å². The maximum atomic E-state index is 11.7. The number of benzene rings is 1. The Morgan fingerprint density at radius 2 is 1.93 bits per heavy atom. The van der Waals surface area contributed by atoms with Crippen molar-refractivity contribution in [2.75, 3.05) is 38.2 Å². The minimum atomic E-state index is -0.1000. The third-order valence-corrected chi connectivity index (χ3v) is 4.05. The molecule has 3 N–H and O–H groups in total. The average Bonchev–Trinajstić information content (AvgIpc) is 3.48. The van der Waals surface area contributed by atoms with Gasteiger partial charge in [0, 0.05) is 32.0 Å². The number of hydrogen-bond acceptors (Lipinski definition) is 4. The minimum Gasteiger partial charge on any atom is -0.491 e. The van der Waals surface area contributed by atoms with Crippen molar-refractivity contribution in [1.29, 1.82) is 0 Å². The van der Waals surface area contributed by atoms with Crippen LogP contribution in [0, 0.1) is 5.92 Å². The van der Waals surface area contributed by atoms with Gasteiger partial charge in [0.2, 0.25) is 5.91 Å². The summed E-state index contributed by atoms with van der Waals surface area (Å²) in [5, 5.41) is 9.26. The molecule has 1 aromatic carbocycles. The van der Waals surface area contributed by atoms with Crippen molar-refractivity contribution in [2.24, 2.45) is 10.9 Å². The van der Waals surface area contributed by atoms with E-state index in [0.717, 1.165) is 43.5 Å². The zero-order valence-corrected chi connectivity index (χ0v) is 20.0. The Labute approximate surface area is 191 Å².